The molecule has 0 spiro atoms. The Kier molecular flexibility index (Phi) is 4.58. The third-order valence-corrected chi connectivity index (χ3v) is 2.82. The van der Waals surface area contributed by atoms with Crippen molar-refractivity contribution in [3.05, 3.63) is 27.7 Å². The monoisotopic (exact) mass is 327 g/mol. The van der Waals surface area contributed by atoms with E-state index in [9.17, 15) is 18.0 Å². The number of carboxylic acids is 1. The molecule has 4 nitrogen and oxygen atoms in total. The van der Waals surface area contributed by atoms with Crippen LogP contribution in [0.4, 0.5) is 18.9 Å². The molecule has 0 radical (unpaired) electrons. The quantitative estimate of drug-likeness (QED) is 0.834. The molecule has 1 rings (SSSR count). The predicted molar refractivity (Wildman–Crippen MR) is 61.2 cm³/mol. The molecule has 0 amide bonds. The van der Waals surface area contributed by atoms with Crippen LogP contribution in [-0.2, 0) is 11.2 Å². The lowest BCUT2D eigenvalue weighted by Gasteiger charge is -2.10. The van der Waals surface area contributed by atoms with Gasteiger partial charge in [0.2, 0.25) is 0 Å². The Morgan fingerprint density at radius 2 is 2.06 bits per heavy atom. The predicted octanol–water partition coefficient (Wildman–Crippen LogP) is 2.81. The van der Waals surface area contributed by atoms with Crippen molar-refractivity contribution in [1.82, 2.24) is 0 Å². The first-order chi connectivity index (χ1) is 8.20. The van der Waals surface area contributed by atoms with E-state index >= 15 is 0 Å². The summed E-state index contributed by atoms with van der Waals surface area (Å²) in [6, 6.07) is 2.56. The van der Waals surface area contributed by atoms with Gasteiger partial charge in [-0.05, 0) is 24.1 Å². The number of nitrogens with two attached hydrogens (primary N) is 1. The van der Waals surface area contributed by atoms with Gasteiger partial charge >= 0.3 is 12.3 Å². The fraction of sp³-hybridized carbons (Fsp3) is 0.300. The first-order valence-corrected chi connectivity index (χ1v) is 5.52. The summed E-state index contributed by atoms with van der Waals surface area (Å²) >= 11 is 3.10. The number of alkyl halides is 3. The van der Waals surface area contributed by atoms with Crippen LogP contribution in [0.1, 0.15) is 15.9 Å². The van der Waals surface area contributed by atoms with Gasteiger partial charge in [0.15, 0.2) is 0 Å². The van der Waals surface area contributed by atoms with Crippen molar-refractivity contribution >= 4 is 27.6 Å². The summed E-state index contributed by atoms with van der Waals surface area (Å²) in [5.74, 6) is -1.24. The average Bonchev–Trinajstić information content (AvgIpc) is 2.18. The standard InChI is InChI=1S/C10H9BrF3NO3/c11-7-4-8(15)6(9(16)17)3-5(7)1-2-18-10(12,13)14/h3-4H,1-2,15H2,(H,16,17). The lowest BCUT2D eigenvalue weighted by Crippen LogP contribution is -2.15. The second-order valence-electron chi connectivity index (χ2n) is 3.38. The molecule has 0 aromatic heterocycles. The zero-order valence-electron chi connectivity index (χ0n) is 8.92. The van der Waals surface area contributed by atoms with E-state index in [1.54, 1.807) is 0 Å². The maximum Gasteiger partial charge on any atom is 0.522 e. The number of carboxylic acid groups (broad SMARTS) is 1. The van der Waals surface area contributed by atoms with Gasteiger partial charge < -0.3 is 10.8 Å². The van der Waals surface area contributed by atoms with E-state index in [2.05, 4.69) is 20.7 Å². The number of rotatable bonds is 4. The van der Waals surface area contributed by atoms with Crippen LogP contribution in [-0.4, -0.2) is 24.0 Å². The minimum Gasteiger partial charge on any atom is -0.478 e. The summed E-state index contributed by atoms with van der Waals surface area (Å²) < 4.78 is 39.4. The number of hydrogen-bond donors (Lipinski definition) is 2. The van der Waals surface area contributed by atoms with Crippen molar-refractivity contribution in [3.8, 4) is 0 Å². The summed E-state index contributed by atoms with van der Waals surface area (Å²) in [6.07, 6.45) is -4.78. The Hall–Kier alpha value is -1.28. The molecule has 0 aliphatic carbocycles. The molecule has 100 valence electrons. The van der Waals surface area contributed by atoms with Gasteiger partial charge in [0.1, 0.15) is 0 Å². The molecule has 0 saturated carbocycles. The second-order valence-corrected chi connectivity index (χ2v) is 4.23. The lowest BCUT2D eigenvalue weighted by molar-refractivity contribution is -0.324. The summed E-state index contributed by atoms with van der Waals surface area (Å²) in [6.45, 7) is -0.592. The highest BCUT2D eigenvalue weighted by Gasteiger charge is 2.28. The molecule has 8 heteroatoms. The van der Waals surface area contributed by atoms with Crippen LogP contribution in [0.2, 0.25) is 0 Å². The van der Waals surface area contributed by atoms with Crippen molar-refractivity contribution in [1.29, 1.82) is 0 Å². The van der Waals surface area contributed by atoms with Crippen LogP contribution in [0, 0.1) is 0 Å². The first-order valence-electron chi connectivity index (χ1n) is 4.72. The van der Waals surface area contributed by atoms with Crippen molar-refractivity contribution in [3.63, 3.8) is 0 Å². The number of hydrogen-bond acceptors (Lipinski definition) is 3. The van der Waals surface area contributed by atoms with E-state index in [0.717, 1.165) is 0 Å². The van der Waals surface area contributed by atoms with Crippen LogP contribution < -0.4 is 5.73 Å². The van der Waals surface area contributed by atoms with Crippen LogP contribution in [0.5, 0.6) is 0 Å². The van der Waals surface area contributed by atoms with Gasteiger partial charge in [-0.2, -0.15) is 0 Å². The maximum atomic E-state index is 11.8. The molecule has 0 atom stereocenters. The third-order valence-electron chi connectivity index (χ3n) is 2.09. The molecule has 0 saturated heterocycles. The zero-order chi connectivity index (χ0) is 13.9. The molecule has 0 unspecified atom stereocenters. The van der Waals surface area contributed by atoms with Gasteiger partial charge in [-0.3, -0.25) is 4.74 Å². The molecule has 1 aromatic carbocycles. The minimum atomic E-state index is -4.70. The van der Waals surface area contributed by atoms with E-state index < -0.39 is 18.9 Å². The fourth-order valence-corrected chi connectivity index (χ4v) is 1.85. The first kappa shape index (κ1) is 14.8. The molecular weight excluding hydrogens is 319 g/mol. The van der Waals surface area contributed by atoms with Crippen LogP contribution >= 0.6 is 15.9 Å². The van der Waals surface area contributed by atoms with Crippen LogP contribution in [0.25, 0.3) is 0 Å². The average molecular weight is 328 g/mol. The molecule has 1 aromatic rings. The maximum absolute atomic E-state index is 11.8. The smallest absolute Gasteiger partial charge is 0.478 e. The molecule has 0 bridgehead atoms. The molecule has 0 aliphatic heterocycles. The highest BCUT2D eigenvalue weighted by molar-refractivity contribution is 9.10. The summed E-state index contributed by atoms with van der Waals surface area (Å²) in [7, 11) is 0. The van der Waals surface area contributed by atoms with E-state index in [4.69, 9.17) is 10.8 Å². The zero-order valence-corrected chi connectivity index (χ0v) is 10.5. The van der Waals surface area contributed by atoms with Gasteiger partial charge in [-0.15, -0.1) is 13.2 Å². The fourth-order valence-electron chi connectivity index (χ4n) is 1.29. The van der Waals surface area contributed by atoms with E-state index in [0.29, 0.717) is 10.0 Å². The number of carbonyl (C=O) groups is 1. The molecular formula is C10H9BrF3NO3. The Morgan fingerprint density at radius 3 is 2.56 bits per heavy atom. The largest absolute Gasteiger partial charge is 0.522 e. The van der Waals surface area contributed by atoms with Gasteiger partial charge in [0, 0.05) is 10.2 Å². The Labute approximate surface area is 109 Å². The highest BCUT2D eigenvalue weighted by atomic mass is 79.9. The third kappa shape index (κ3) is 4.19. The molecule has 0 aliphatic rings. The number of ether oxygens (including phenoxy) is 1. The number of nitrogen functional groups attached to an aromatic ring is 1. The Balaban J connectivity index is 2.83. The van der Waals surface area contributed by atoms with Gasteiger partial charge in [0.25, 0.3) is 0 Å². The SMILES string of the molecule is Nc1cc(Br)c(CCOC(F)(F)F)cc1C(=O)O. The Bertz CT molecular complexity index is 462. The van der Waals surface area contributed by atoms with Crippen LogP contribution in [0.15, 0.2) is 16.6 Å². The van der Waals surface area contributed by atoms with Crippen LogP contribution in [0.3, 0.4) is 0 Å². The summed E-state index contributed by atoms with van der Waals surface area (Å²) in [5, 5.41) is 8.83. The summed E-state index contributed by atoms with van der Waals surface area (Å²) in [5.41, 5.74) is 5.73. The lowest BCUT2D eigenvalue weighted by atomic mass is 10.1. The number of aromatic carboxylic acids is 1. The Morgan fingerprint density at radius 1 is 1.44 bits per heavy atom. The van der Waals surface area contributed by atoms with Crippen molar-refractivity contribution in [2.24, 2.45) is 0 Å². The number of anilines is 1. The highest BCUT2D eigenvalue weighted by Crippen LogP contribution is 2.25. The van der Waals surface area contributed by atoms with E-state index in [1.807, 2.05) is 0 Å². The summed E-state index contributed by atoms with van der Waals surface area (Å²) in [4.78, 5) is 10.8. The van der Waals surface area contributed by atoms with Gasteiger partial charge in [-0.25, -0.2) is 4.79 Å². The van der Waals surface area contributed by atoms with Gasteiger partial charge in [0.05, 0.1) is 12.2 Å². The van der Waals surface area contributed by atoms with E-state index in [-0.39, 0.29) is 17.7 Å². The molecule has 18 heavy (non-hydrogen) atoms. The van der Waals surface area contributed by atoms with Crippen molar-refractivity contribution < 1.29 is 27.8 Å². The number of halogens is 4. The molecule has 3 N–H and O–H groups in total. The van der Waals surface area contributed by atoms with Crippen molar-refractivity contribution in [2.75, 3.05) is 12.3 Å². The molecule has 0 fully saturated rings. The minimum absolute atomic E-state index is 0.0369. The normalized spacial score (nSPS) is 11.6. The number of benzene rings is 1. The second kappa shape index (κ2) is 5.57. The van der Waals surface area contributed by atoms with Gasteiger partial charge in [-0.1, -0.05) is 15.9 Å². The van der Waals surface area contributed by atoms with E-state index in [1.165, 1.54) is 12.1 Å². The van der Waals surface area contributed by atoms with Crippen molar-refractivity contribution in [2.45, 2.75) is 12.8 Å². The molecule has 0 heterocycles. The topological polar surface area (TPSA) is 72.5 Å².